The maximum atomic E-state index is 11.9. The second-order valence-corrected chi connectivity index (χ2v) is 6.37. The SMILES string of the molecule is NC1CCC(CNS(=O)(=O)c2ccccc2)C1. The smallest absolute Gasteiger partial charge is 0.240 e. The van der Waals surface area contributed by atoms with E-state index in [1.54, 1.807) is 30.3 Å². The van der Waals surface area contributed by atoms with Gasteiger partial charge in [-0.3, -0.25) is 0 Å². The highest BCUT2D eigenvalue weighted by Gasteiger charge is 2.23. The van der Waals surface area contributed by atoms with Crippen molar-refractivity contribution < 1.29 is 8.42 Å². The Morgan fingerprint density at radius 2 is 1.94 bits per heavy atom. The molecule has 0 bridgehead atoms. The van der Waals surface area contributed by atoms with Gasteiger partial charge in [-0.15, -0.1) is 0 Å². The number of hydrogen-bond acceptors (Lipinski definition) is 3. The van der Waals surface area contributed by atoms with Gasteiger partial charge in [-0.25, -0.2) is 13.1 Å². The Bertz CT molecular complexity index is 459. The van der Waals surface area contributed by atoms with Crippen molar-refractivity contribution in [3.8, 4) is 0 Å². The van der Waals surface area contributed by atoms with E-state index >= 15 is 0 Å². The second kappa shape index (κ2) is 5.16. The van der Waals surface area contributed by atoms with Gasteiger partial charge in [0.25, 0.3) is 0 Å². The summed E-state index contributed by atoms with van der Waals surface area (Å²) in [5.74, 6) is 0.378. The number of nitrogens with one attached hydrogen (secondary N) is 1. The maximum absolute atomic E-state index is 11.9. The predicted octanol–water partition coefficient (Wildman–Crippen LogP) is 1.09. The number of rotatable bonds is 4. The molecular weight excluding hydrogens is 236 g/mol. The first kappa shape index (κ1) is 12.5. The largest absolute Gasteiger partial charge is 0.328 e. The van der Waals surface area contributed by atoms with Crippen LogP contribution in [0.2, 0.25) is 0 Å². The van der Waals surface area contributed by atoms with Gasteiger partial charge in [0, 0.05) is 12.6 Å². The number of sulfonamides is 1. The van der Waals surface area contributed by atoms with Crippen molar-refractivity contribution in [2.24, 2.45) is 11.7 Å². The number of nitrogens with two attached hydrogens (primary N) is 1. The third-order valence-electron chi connectivity index (χ3n) is 3.20. The van der Waals surface area contributed by atoms with E-state index in [2.05, 4.69) is 4.72 Å². The zero-order chi connectivity index (χ0) is 12.3. The Morgan fingerprint density at radius 3 is 2.53 bits per heavy atom. The molecule has 0 heterocycles. The fourth-order valence-electron chi connectivity index (χ4n) is 2.21. The highest BCUT2D eigenvalue weighted by molar-refractivity contribution is 7.89. The van der Waals surface area contributed by atoms with E-state index < -0.39 is 10.0 Å². The molecule has 0 spiro atoms. The summed E-state index contributed by atoms with van der Waals surface area (Å²) in [7, 11) is -3.36. The minimum Gasteiger partial charge on any atom is -0.328 e. The van der Waals surface area contributed by atoms with Gasteiger partial charge in [0.05, 0.1) is 4.90 Å². The number of benzene rings is 1. The van der Waals surface area contributed by atoms with Crippen LogP contribution in [0.1, 0.15) is 19.3 Å². The average Bonchev–Trinajstić information content (AvgIpc) is 2.74. The van der Waals surface area contributed by atoms with Gasteiger partial charge in [-0.1, -0.05) is 18.2 Å². The summed E-state index contributed by atoms with van der Waals surface area (Å²) in [6.07, 6.45) is 2.92. The summed E-state index contributed by atoms with van der Waals surface area (Å²) in [6, 6.07) is 8.68. The van der Waals surface area contributed by atoms with E-state index in [4.69, 9.17) is 5.73 Å². The Morgan fingerprint density at radius 1 is 1.24 bits per heavy atom. The molecule has 0 saturated heterocycles. The molecule has 1 aliphatic rings. The van der Waals surface area contributed by atoms with E-state index in [9.17, 15) is 8.42 Å². The van der Waals surface area contributed by atoms with Crippen molar-refractivity contribution >= 4 is 10.0 Å². The lowest BCUT2D eigenvalue weighted by molar-refractivity contribution is 0.512. The van der Waals surface area contributed by atoms with Gasteiger partial charge >= 0.3 is 0 Å². The molecule has 2 unspecified atom stereocenters. The molecule has 2 rings (SSSR count). The van der Waals surface area contributed by atoms with Gasteiger partial charge < -0.3 is 5.73 Å². The van der Waals surface area contributed by atoms with Crippen molar-refractivity contribution in [3.05, 3.63) is 30.3 Å². The second-order valence-electron chi connectivity index (χ2n) is 4.60. The molecule has 3 N–H and O–H groups in total. The molecule has 0 amide bonds. The Hall–Kier alpha value is -0.910. The highest BCUT2D eigenvalue weighted by atomic mass is 32.2. The molecule has 94 valence electrons. The summed E-state index contributed by atoms with van der Waals surface area (Å²) in [5, 5.41) is 0. The van der Waals surface area contributed by atoms with Crippen LogP contribution >= 0.6 is 0 Å². The zero-order valence-electron chi connectivity index (χ0n) is 9.67. The van der Waals surface area contributed by atoms with Crippen LogP contribution in [0.3, 0.4) is 0 Å². The molecule has 1 aromatic carbocycles. The first-order valence-electron chi connectivity index (χ1n) is 5.88. The molecule has 2 atom stereocenters. The third kappa shape index (κ3) is 3.28. The van der Waals surface area contributed by atoms with E-state index in [0.29, 0.717) is 17.4 Å². The molecular formula is C12H18N2O2S. The summed E-state index contributed by atoms with van der Waals surface area (Å²) in [6.45, 7) is 0.491. The fourth-order valence-corrected chi connectivity index (χ4v) is 3.35. The van der Waals surface area contributed by atoms with Gasteiger partial charge in [-0.2, -0.15) is 0 Å². The minimum absolute atomic E-state index is 0.237. The first-order valence-corrected chi connectivity index (χ1v) is 7.36. The first-order chi connectivity index (χ1) is 8.08. The van der Waals surface area contributed by atoms with E-state index in [0.717, 1.165) is 19.3 Å². The van der Waals surface area contributed by atoms with Crippen molar-refractivity contribution in [2.75, 3.05) is 6.54 Å². The van der Waals surface area contributed by atoms with Gasteiger partial charge in [0.15, 0.2) is 0 Å². The van der Waals surface area contributed by atoms with Crippen LogP contribution in [0.4, 0.5) is 0 Å². The lowest BCUT2D eigenvalue weighted by Gasteiger charge is -2.11. The van der Waals surface area contributed by atoms with E-state index in [-0.39, 0.29) is 6.04 Å². The highest BCUT2D eigenvalue weighted by Crippen LogP contribution is 2.23. The van der Waals surface area contributed by atoms with Crippen LogP contribution in [-0.2, 0) is 10.0 Å². The summed E-state index contributed by atoms with van der Waals surface area (Å²) >= 11 is 0. The molecule has 1 aromatic rings. The van der Waals surface area contributed by atoms with Crippen LogP contribution < -0.4 is 10.5 Å². The molecule has 5 heteroatoms. The minimum atomic E-state index is -3.36. The summed E-state index contributed by atoms with van der Waals surface area (Å²) < 4.78 is 26.5. The van der Waals surface area contributed by atoms with E-state index in [1.807, 2.05) is 0 Å². The predicted molar refractivity (Wildman–Crippen MR) is 66.9 cm³/mol. The van der Waals surface area contributed by atoms with Crippen LogP contribution in [0.15, 0.2) is 35.2 Å². The normalized spacial score (nSPS) is 25.0. The monoisotopic (exact) mass is 254 g/mol. The molecule has 1 saturated carbocycles. The van der Waals surface area contributed by atoms with E-state index in [1.165, 1.54) is 0 Å². The molecule has 1 aliphatic carbocycles. The zero-order valence-corrected chi connectivity index (χ0v) is 10.5. The molecule has 4 nitrogen and oxygen atoms in total. The Balaban J connectivity index is 1.95. The van der Waals surface area contributed by atoms with Crippen molar-refractivity contribution in [2.45, 2.75) is 30.2 Å². The molecule has 17 heavy (non-hydrogen) atoms. The van der Waals surface area contributed by atoms with Crippen molar-refractivity contribution in [1.29, 1.82) is 0 Å². The summed E-state index contributed by atoms with van der Waals surface area (Å²) in [4.78, 5) is 0.322. The van der Waals surface area contributed by atoms with Crippen LogP contribution in [0, 0.1) is 5.92 Å². The third-order valence-corrected chi connectivity index (χ3v) is 4.64. The maximum Gasteiger partial charge on any atom is 0.240 e. The standard InChI is InChI=1S/C12H18N2O2S/c13-11-7-6-10(8-11)9-14-17(15,16)12-4-2-1-3-5-12/h1-5,10-11,14H,6-9,13H2. The van der Waals surface area contributed by atoms with Crippen LogP contribution in [-0.4, -0.2) is 21.0 Å². The molecule has 0 aromatic heterocycles. The molecule has 1 fully saturated rings. The lowest BCUT2D eigenvalue weighted by Crippen LogP contribution is -2.29. The van der Waals surface area contributed by atoms with Gasteiger partial charge in [-0.05, 0) is 37.3 Å². The topological polar surface area (TPSA) is 72.2 Å². The Labute approximate surface area is 102 Å². The summed E-state index contributed by atoms with van der Waals surface area (Å²) in [5.41, 5.74) is 5.80. The van der Waals surface area contributed by atoms with Crippen molar-refractivity contribution in [1.82, 2.24) is 4.72 Å². The lowest BCUT2D eigenvalue weighted by atomic mass is 10.1. The quantitative estimate of drug-likeness (QED) is 0.845. The van der Waals surface area contributed by atoms with Gasteiger partial charge in [0.1, 0.15) is 0 Å². The fraction of sp³-hybridized carbons (Fsp3) is 0.500. The number of hydrogen-bond donors (Lipinski definition) is 2. The average molecular weight is 254 g/mol. The molecule has 0 aliphatic heterocycles. The van der Waals surface area contributed by atoms with Crippen molar-refractivity contribution in [3.63, 3.8) is 0 Å². The molecule has 0 radical (unpaired) electrons. The van der Waals surface area contributed by atoms with Gasteiger partial charge in [0.2, 0.25) is 10.0 Å². The van der Waals surface area contributed by atoms with Crippen LogP contribution in [0.5, 0.6) is 0 Å². The Kier molecular flexibility index (Phi) is 3.81. The van der Waals surface area contributed by atoms with Crippen LogP contribution in [0.25, 0.3) is 0 Å².